The average molecular weight is 748 g/mol. The highest BCUT2D eigenvalue weighted by Crippen LogP contribution is 2.51. The highest BCUT2D eigenvalue weighted by Gasteiger charge is 2.48. The van der Waals surface area contributed by atoms with Gasteiger partial charge in [0.2, 0.25) is 5.69 Å². The van der Waals surface area contributed by atoms with Gasteiger partial charge in [0.1, 0.15) is 6.54 Å². The van der Waals surface area contributed by atoms with Gasteiger partial charge in [0.25, 0.3) is 20.2 Å². The predicted molar refractivity (Wildman–Crippen MR) is 196 cm³/mol. The fraction of sp³-hybridized carbons (Fsp3) is 0.514. The van der Waals surface area contributed by atoms with Crippen LogP contribution < -0.4 is 4.90 Å². The molecule has 0 saturated heterocycles. The van der Waals surface area contributed by atoms with Gasteiger partial charge in [0.15, 0.2) is 5.71 Å². The number of unbranched alkanes of at least 4 members (excludes halogenated alkanes) is 2. The number of likely N-dealkylation sites (N-methyl/N-ethyl adjacent to an activating group) is 1. The smallest absolute Gasteiger partial charge is 0.303 e. The second-order valence-corrected chi connectivity index (χ2v) is 16.3. The van der Waals surface area contributed by atoms with Crippen LogP contribution in [-0.4, -0.2) is 87.3 Å². The lowest BCUT2D eigenvalue weighted by Crippen LogP contribution is -2.31. The molecule has 14 heteroatoms. The summed E-state index contributed by atoms with van der Waals surface area (Å²) in [5.74, 6) is -0.837. The van der Waals surface area contributed by atoms with E-state index in [2.05, 4.69) is 23.3 Å². The van der Waals surface area contributed by atoms with Crippen LogP contribution in [-0.2, 0) is 45.3 Å². The summed E-state index contributed by atoms with van der Waals surface area (Å²) in [7, 11) is -7.29. The van der Waals surface area contributed by atoms with Gasteiger partial charge in [-0.15, -0.1) is 0 Å². The molecule has 2 aliphatic rings. The van der Waals surface area contributed by atoms with Gasteiger partial charge in [-0.1, -0.05) is 19.4 Å². The third-order valence-corrected chi connectivity index (χ3v) is 11.7. The molecule has 0 aliphatic carbocycles. The van der Waals surface area contributed by atoms with E-state index in [1.165, 1.54) is 18.2 Å². The number of aliphatic carboxylic acids is 1. The van der Waals surface area contributed by atoms with Gasteiger partial charge in [-0.2, -0.15) is 21.4 Å². The van der Waals surface area contributed by atoms with Crippen molar-refractivity contribution < 1.29 is 49.9 Å². The number of carbonyl (C=O) groups is 1. The lowest BCUT2D eigenvalue weighted by atomic mass is 9.75. The SMILES string of the molecule is CCCC1(C)C(C=CC=C2N(CC)c3ccc(S(=O)(=O)O)cc3C2(C)CCOCCOC)=[N+](CCCCCC(=O)O)c2ccc(S(=O)(=O)O)cc21. The van der Waals surface area contributed by atoms with Crippen LogP contribution in [0.15, 0.2) is 70.1 Å². The van der Waals surface area contributed by atoms with Crippen LogP contribution in [0.25, 0.3) is 0 Å². The zero-order valence-corrected chi connectivity index (χ0v) is 31.7. The molecule has 4 rings (SSSR count). The van der Waals surface area contributed by atoms with Crippen molar-refractivity contribution >= 4 is 43.3 Å². The minimum atomic E-state index is -4.45. The fourth-order valence-corrected chi connectivity index (χ4v) is 8.48. The van der Waals surface area contributed by atoms with E-state index in [1.54, 1.807) is 25.3 Å². The summed E-state index contributed by atoms with van der Waals surface area (Å²) >= 11 is 0. The number of hydrogen-bond donors (Lipinski definition) is 3. The summed E-state index contributed by atoms with van der Waals surface area (Å²) < 4.78 is 81.7. The van der Waals surface area contributed by atoms with Crippen molar-refractivity contribution in [2.24, 2.45) is 0 Å². The monoisotopic (exact) mass is 747 g/mol. The van der Waals surface area contributed by atoms with Gasteiger partial charge < -0.3 is 19.5 Å². The molecule has 0 spiro atoms. The molecule has 2 aromatic carbocycles. The third kappa shape index (κ3) is 8.81. The van der Waals surface area contributed by atoms with E-state index < -0.39 is 37.0 Å². The molecule has 0 radical (unpaired) electrons. The standard InChI is InChI=1S/C37H50N2O10S2/c1-6-19-36(3)30-26-28(51(45,46)47)16-18-32(30)39(21-10-8-9-14-35(40)41)34(36)13-11-12-33-37(4,20-22-49-24-23-48-5)29-25-27(50(42,43)44)15-17-31(29)38(33)7-2/h11-13,15-18,25-26H,6-10,14,19-24H2,1-5H3,(H2-,40,41,42,43,44,45,46,47)/p+1. The number of hydrogen-bond acceptors (Lipinski definition) is 8. The Bertz CT molecular complexity index is 1920. The van der Waals surface area contributed by atoms with E-state index in [0.717, 1.165) is 40.3 Å². The van der Waals surface area contributed by atoms with E-state index in [4.69, 9.17) is 14.6 Å². The second-order valence-electron chi connectivity index (χ2n) is 13.5. The Morgan fingerprint density at radius 2 is 1.55 bits per heavy atom. The van der Waals surface area contributed by atoms with Crippen LogP contribution in [0.5, 0.6) is 0 Å². The number of benzene rings is 2. The van der Waals surface area contributed by atoms with Crippen molar-refractivity contribution in [3.05, 3.63) is 71.5 Å². The Balaban J connectivity index is 1.83. The van der Waals surface area contributed by atoms with E-state index in [9.17, 15) is 30.7 Å². The van der Waals surface area contributed by atoms with Crippen molar-refractivity contribution in [3.8, 4) is 0 Å². The first-order valence-electron chi connectivity index (χ1n) is 17.4. The first-order chi connectivity index (χ1) is 24.0. The topological polar surface area (TPSA) is 171 Å². The number of fused-ring (bicyclic) bond motifs is 2. The summed E-state index contributed by atoms with van der Waals surface area (Å²) in [5, 5.41) is 9.11. The van der Waals surface area contributed by atoms with Crippen LogP contribution in [0.4, 0.5) is 11.4 Å². The maximum atomic E-state index is 12.2. The lowest BCUT2D eigenvalue weighted by molar-refractivity contribution is -0.438. The molecule has 2 atom stereocenters. The fourth-order valence-electron chi connectivity index (χ4n) is 7.47. The summed E-state index contributed by atoms with van der Waals surface area (Å²) in [6.07, 6.45) is 10.1. The Morgan fingerprint density at radius 3 is 2.16 bits per heavy atom. The molecule has 0 fully saturated rings. The first kappa shape index (κ1) is 40.4. The summed E-state index contributed by atoms with van der Waals surface area (Å²) in [4.78, 5) is 12.9. The molecule has 2 unspecified atom stereocenters. The molecule has 0 bridgehead atoms. The minimum Gasteiger partial charge on any atom is -0.481 e. The average Bonchev–Trinajstić information content (AvgIpc) is 3.43. The van der Waals surface area contributed by atoms with Crippen LogP contribution in [0, 0.1) is 0 Å². The molecule has 51 heavy (non-hydrogen) atoms. The number of carboxylic acids is 1. The maximum absolute atomic E-state index is 12.2. The molecule has 280 valence electrons. The lowest BCUT2D eigenvalue weighted by Gasteiger charge is -2.30. The van der Waals surface area contributed by atoms with E-state index >= 15 is 0 Å². The number of carboxylic acid groups (broad SMARTS) is 1. The van der Waals surface area contributed by atoms with Crippen molar-refractivity contribution in [1.82, 2.24) is 0 Å². The van der Waals surface area contributed by atoms with Crippen molar-refractivity contribution in [1.29, 1.82) is 0 Å². The molecule has 0 aromatic heterocycles. The molecule has 3 N–H and O–H groups in total. The minimum absolute atomic E-state index is 0.0874. The maximum Gasteiger partial charge on any atom is 0.303 e. The highest BCUT2D eigenvalue weighted by atomic mass is 32.2. The molecule has 0 saturated carbocycles. The number of anilines is 1. The second kappa shape index (κ2) is 16.5. The zero-order chi connectivity index (χ0) is 37.6. The van der Waals surface area contributed by atoms with E-state index in [1.807, 2.05) is 32.1 Å². The number of rotatable bonds is 19. The molecule has 2 aromatic rings. The van der Waals surface area contributed by atoms with Crippen molar-refractivity contribution in [3.63, 3.8) is 0 Å². The van der Waals surface area contributed by atoms with Crippen LogP contribution >= 0.6 is 0 Å². The molecule has 2 heterocycles. The molecule has 0 amide bonds. The quantitative estimate of drug-likeness (QED) is 0.0841. The Hall–Kier alpha value is -3.40. The number of nitrogens with zero attached hydrogens (tertiary/aromatic N) is 2. The van der Waals surface area contributed by atoms with Crippen molar-refractivity contribution in [2.75, 3.05) is 44.9 Å². The van der Waals surface area contributed by atoms with Crippen LogP contribution in [0.3, 0.4) is 0 Å². The summed E-state index contributed by atoms with van der Waals surface area (Å²) in [6, 6.07) is 9.34. The summed E-state index contributed by atoms with van der Waals surface area (Å²) in [5.41, 5.74) is 3.79. The Kier molecular flexibility index (Phi) is 13.1. The molecular formula is C37H51N2O10S2+. The largest absolute Gasteiger partial charge is 0.481 e. The zero-order valence-electron chi connectivity index (χ0n) is 30.1. The first-order valence-corrected chi connectivity index (χ1v) is 20.2. The Morgan fingerprint density at radius 1 is 0.882 bits per heavy atom. The number of methoxy groups -OCH3 is 1. The number of ether oxygens (including phenoxy) is 2. The molecule has 12 nitrogen and oxygen atoms in total. The normalized spacial score (nSPS) is 21.2. The third-order valence-electron chi connectivity index (χ3n) is 10.0. The van der Waals surface area contributed by atoms with E-state index in [0.29, 0.717) is 65.0 Å². The highest BCUT2D eigenvalue weighted by molar-refractivity contribution is 7.86. The van der Waals surface area contributed by atoms with Gasteiger partial charge in [-0.25, -0.2) is 0 Å². The van der Waals surface area contributed by atoms with Gasteiger partial charge in [0, 0.05) is 67.6 Å². The van der Waals surface area contributed by atoms with E-state index in [-0.39, 0.29) is 16.2 Å². The van der Waals surface area contributed by atoms with Gasteiger partial charge >= 0.3 is 5.97 Å². The Labute approximate surface area is 302 Å². The van der Waals surface area contributed by atoms with Crippen LogP contribution in [0.1, 0.15) is 83.8 Å². The number of allylic oxidation sites excluding steroid dienone is 4. The van der Waals surface area contributed by atoms with Crippen LogP contribution in [0.2, 0.25) is 0 Å². The molecule has 2 aliphatic heterocycles. The van der Waals surface area contributed by atoms with Gasteiger partial charge in [-0.3, -0.25) is 13.9 Å². The van der Waals surface area contributed by atoms with Gasteiger partial charge in [0.05, 0.1) is 28.4 Å². The van der Waals surface area contributed by atoms with Gasteiger partial charge in [-0.05, 0) is 88.4 Å². The van der Waals surface area contributed by atoms with Crippen molar-refractivity contribution in [2.45, 2.75) is 93.3 Å². The molecular weight excluding hydrogens is 697 g/mol. The predicted octanol–water partition coefficient (Wildman–Crippen LogP) is 6.27. The summed E-state index contributed by atoms with van der Waals surface area (Å²) in [6.45, 7) is 10.6.